The molecule has 0 aliphatic rings. The second-order valence-electron chi connectivity index (χ2n) is 3.44. The van der Waals surface area contributed by atoms with Crippen molar-refractivity contribution < 1.29 is 1.37 Å². The molecule has 2 nitrogen and oxygen atoms in total. The first-order valence-corrected chi connectivity index (χ1v) is 5.64. The fourth-order valence-corrected chi connectivity index (χ4v) is 2.29. The van der Waals surface area contributed by atoms with E-state index >= 15 is 0 Å². The van der Waals surface area contributed by atoms with Crippen LogP contribution in [0.2, 0.25) is 0 Å². The van der Waals surface area contributed by atoms with Gasteiger partial charge in [0.2, 0.25) is 0 Å². The van der Waals surface area contributed by atoms with Crippen LogP contribution < -0.4 is 4.80 Å². The minimum atomic E-state index is 0.464. The molecule has 0 N–H and O–H groups in total. The van der Waals surface area contributed by atoms with E-state index in [1.807, 2.05) is 25.2 Å². The summed E-state index contributed by atoms with van der Waals surface area (Å²) in [5.74, 6) is 0. The Balaban J connectivity index is 2.60. The van der Waals surface area contributed by atoms with Gasteiger partial charge in [-0.05, 0) is 26.0 Å². The van der Waals surface area contributed by atoms with Crippen LogP contribution in [0.1, 0.15) is 11.9 Å². The van der Waals surface area contributed by atoms with Gasteiger partial charge in [0.05, 0.1) is 7.06 Å². The van der Waals surface area contributed by atoms with Gasteiger partial charge in [-0.3, -0.25) is 0 Å². The molecule has 0 amide bonds. The molecule has 0 unspecified atom stereocenters. The molecule has 1 aromatic heterocycles. The first-order chi connectivity index (χ1) is 7.59. The maximum Gasteiger partial charge on any atom is 0.190 e. The molecule has 1 heterocycles. The molecule has 0 spiro atoms. The van der Waals surface area contributed by atoms with Crippen LogP contribution in [0.25, 0.3) is 0 Å². The molecule has 2 aromatic rings. The zero-order valence-electron chi connectivity index (χ0n) is 10.1. The molecular weight excluding hydrogens is 204 g/mol. The van der Waals surface area contributed by atoms with Gasteiger partial charge in [-0.25, -0.2) is 4.99 Å². The van der Waals surface area contributed by atoms with E-state index in [9.17, 15) is 0 Å². The third-order valence-electron chi connectivity index (χ3n) is 2.45. The number of nitrogens with zero attached hydrogens (tertiary/aromatic N) is 2. The van der Waals surface area contributed by atoms with E-state index < -0.39 is 0 Å². The summed E-state index contributed by atoms with van der Waals surface area (Å²) >= 11 is 1.66. The molecule has 2 rings (SSSR count). The maximum atomic E-state index is 7.75. The fourth-order valence-electron chi connectivity index (χ4n) is 1.31. The summed E-state index contributed by atoms with van der Waals surface area (Å²) < 4.78 is 9.81. The Kier molecular flexibility index (Phi) is 2.39. The lowest BCUT2D eigenvalue weighted by Gasteiger charge is -1.95. The van der Waals surface area contributed by atoms with Crippen molar-refractivity contribution >= 4 is 17.0 Å². The van der Waals surface area contributed by atoms with Crippen LogP contribution in [-0.4, -0.2) is 4.57 Å². The number of rotatable bonds is 1. The first kappa shape index (κ1) is 8.92. The van der Waals surface area contributed by atoms with Gasteiger partial charge in [-0.15, -0.1) is 11.3 Å². The third kappa shape index (κ3) is 2.02. The molecule has 0 atom stereocenters. The second kappa shape index (κ2) is 4.03. The number of aryl methyl sites for hydroxylation is 1. The Morgan fingerprint density at radius 1 is 1.33 bits per heavy atom. The van der Waals surface area contributed by atoms with E-state index in [0.717, 1.165) is 10.5 Å². The maximum absolute atomic E-state index is 7.75. The van der Waals surface area contributed by atoms with Crippen molar-refractivity contribution in [1.82, 2.24) is 4.57 Å². The summed E-state index contributed by atoms with van der Waals surface area (Å²) in [6.45, 7) is 4.17. The lowest BCUT2D eigenvalue weighted by atomic mass is 10.3. The van der Waals surface area contributed by atoms with E-state index in [4.69, 9.17) is 1.37 Å². The van der Waals surface area contributed by atoms with Gasteiger partial charge < -0.3 is 4.57 Å². The monoisotopic (exact) mass is 220 g/mol. The van der Waals surface area contributed by atoms with Crippen LogP contribution >= 0.6 is 11.3 Å². The van der Waals surface area contributed by atoms with Crippen LogP contribution in [0.5, 0.6) is 0 Å². The molecule has 15 heavy (non-hydrogen) atoms. The van der Waals surface area contributed by atoms with E-state index in [2.05, 4.69) is 23.4 Å². The fraction of sp³-hybridized carbons (Fsp3) is 0.250. The molecule has 0 fully saturated rings. The largest absolute Gasteiger partial charge is 0.324 e. The summed E-state index contributed by atoms with van der Waals surface area (Å²) in [4.78, 5) is 6.72. The summed E-state index contributed by atoms with van der Waals surface area (Å²) in [6.07, 6.45) is 0. The molecule has 3 heteroatoms. The van der Waals surface area contributed by atoms with Crippen molar-refractivity contribution in [3.63, 3.8) is 0 Å². The van der Waals surface area contributed by atoms with Crippen molar-refractivity contribution in [3.05, 3.63) is 45.7 Å². The van der Waals surface area contributed by atoms with Crippen LogP contribution in [0.15, 0.2) is 35.3 Å². The molecule has 0 saturated heterocycles. The van der Waals surface area contributed by atoms with E-state index in [0.29, 0.717) is 6.04 Å². The van der Waals surface area contributed by atoms with Gasteiger partial charge in [-0.2, -0.15) is 0 Å². The Hall–Kier alpha value is -1.35. The van der Waals surface area contributed by atoms with Crippen LogP contribution in [0, 0.1) is 13.8 Å². The van der Waals surface area contributed by atoms with Crippen molar-refractivity contribution in [2.24, 2.45) is 12.0 Å². The minimum absolute atomic E-state index is 0.464. The quantitative estimate of drug-likeness (QED) is 0.703. The topological polar surface area (TPSA) is 17.3 Å². The number of hydrogen-bond donors (Lipinski definition) is 0. The van der Waals surface area contributed by atoms with Gasteiger partial charge in [0, 0.05) is 17.6 Å². The molecule has 0 bridgehead atoms. The molecule has 78 valence electrons. The highest BCUT2D eigenvalue weighted by Gasteiger charge is 2.01. The van der Waals surface area contributed by atoms with Crippen LogP contribution in [-0.2, 0) is 7.05 Å². The number of hydrogen-bond acceptors (Lipinski definition) is 2. The molecule has 0 aliphatic carbocycles. The number of aromatic nitrogens is 1. The van der Waals surface area contributed by atoms with Gasteiger partial charge in [0.25, 0.3) is 0 Å². The zero-order chi connectivity index (χ0) is 11.7. The lowest BCUT2D eigenvalue weighted by molar-refractivity contribution is 0.830. The standard InChI is InChI=1S/C12H14N2S/c1-9-10(2)15-12(14(9)3)13-11-7-5-4-6-8-11/h4-8H,1-3H3/i7T. The molecular formula is C12H14N2S. The Morgan fingerprint density at radius 2 is 2.13 bits per heavy atom. The summed E-state index contributed by atoms with van der Waals surface area (Å²) in [5, 5.41) is 0. The van der Waals surface area contributed by atoms with Crippen LogP contribution in [0.3, 0.4) is 0 Å². The van der Waals surface area contributed by atoms with Gasteiger partial charge in [0.15, 0.2) is 4.80 Å². The normalized spacial score (nSPS) is 13.0. The lowest BCUT2D eigenvalue weighted by Crippen LogP contribution is -2.10. The Morgan fingerprint density at radius 3 is 2.73 bits per heavy atom. The van der Waals surface area contributed by atoms with Crippen molar-refractivity contribution in [1.29, 1.82) is 0 Å². The van der Waals surface area contributed by atoms with E-state index in [-0.39, 0.29) is 0 Å². The Bertz CT molecular complexity index is 581. The van der Waals surface area contributed by atoms with Gasteiger partial charge >= 0.3 is 0 Å². The zero-order valence-corrected chi connectivity index (χ0v) is 9.93. The second-order valence-corrected chi connectivity index (χ2v) is 4.63. The average Bonchev–Trinajstić information content (AvgIpc) is 2.50. The van der Waals surface area contributed by atoms with E-state index in [1.54, 1.807) is 17.4 Å². The summed E-state index contributed by atoms with van der Waals surface area (Å²) in [6, 6.07) is 7.85. The average molecular weight is 220 g/mol. The van der Waals surface area contributed by atoms with Gasteiger partial charge in [0.1, 0.15) is 0 Å². The third-order valence-corrected chi connectivity index (χ3v) is 3.60. The molecule has 1 aromatic carbocycles. The van der Waals surface area contributed by atoms with Crippen molar-refractivity contribution in [2.45, 2.75) is 13.8 Å². The van der Waals surface area contributed by atoms with Gasteiger partial charge in [-0.1, -0.05) is 18.2 Å². The SMILES string of the molecule is [3H]c1ccccc1N=c1sc(C)c(C)n1C. The smallest absolute Gasteiger partial charge is 0.190 e. The number of para-hydroxylation sites is 1. The highest BCUT2D eigenvalue weighted by molar-refractivity contribution is 7.09. The highest BCUT2D eigenvalue weighted by Crippen LogP contribution is 2.12. The minimum Gasteiger partial charge on any atom is -0.324 e. The first-order valence-electron chi connectivity index (χ1n) is 5.33. The summed E-state index contributed by atoms with van der Waals surface area (Å²) in [7, 11) is 2.00. The predicted molar refractivity (Wildman–Crippen MR) is 64.4 cm³/mol. The Labute approximate surface area is 95.0 Å². The number of thiazole rings is 1. The number of benzene rings is 1. The molecule has 0 aliphatic heterocycles. The predicted octanol–water partition coefficient (Wildman–Crippen LogP) is 2.94. The highest BCUT2D eigenvalue weighted by atomic mass is 32.1. The van der Waals surface area contributed by atoms with Crippen molar-refractivity contribution in [3.8, 4) is 0 Å². The van der Waals surface area contributed by atoms with Crippen LogP contribution in [0.4, 0.5) is 5.69 Å². The molecule has 0 saturated carbocycles. The van der Waals surface area contributed by atoms with E-state index in [1.165, 1.54) is 10.6 Å². The van der Waals surface area contributed by atoms with Crippen molar-refractivity contribution in [2.75, 3.05) is 0 Å². The molecule has 0 radical (unpaired) electrons. The summed E-state index contributed by atoms with van der Waals surface area (Å²) in [5.41, 5.74) is 1.95.